The number of halogens is 1. The van der Waals surface area contributed by atoms with Crippen LogP contribution < -0.4 is 16.0 Å². The van der Waals surface area contributed by atoms with Gasteiger partial charge in [-0.1, -0.05) is 17.4 Å². The Morgan fingerprint density at radius 3 is 2.79 bits per heavy atom. The van der Waals surface area contributed by atoms with Gasteiger partial charge in [-0.25, -0.2) is 4.98 Å². The van der Waals surface area contributed by atoms with Gasteiger partial charge in [-0.15, -0.1) is 0 Å². The summed E-state index contributed by atoms with van der Waals surface area (Å²) in [4.78, 5) is 18.5. The number of anilines is 3. The second-order valence-corrected chi connectivity index (χ2v) is 6.29. The number of nitrogens with one attached hydrogen (secondary N) is 1. The van der Waals surface area contributed by atoms with Crippen molar-refractivity contribution in [3.05, 3.63) is 32.7 Å². The number of hydrogen-bond acceptors (Lipinski definition) is 5. The van der Waals surface area contributed by atoms with Crippen LogP contribution in [-0.4, -0.2) is 25.0 Å². The van der Waals surface area contributed by atoms with Crippen molar-refractivity contribution in [2.45, 2.75) is 0 Å². The zero-order chi connectivity index (χ0) is 14.0. The molecule has 3 N–H and O–H groups in total. The number of aromatic nitrogens is 1. The number of benzene rings is 1. The topological polar surface area (TPSA) is 71.2 Å². The fourth-order valence-corrected chi connectivity index (χ4v) is 2.77. The summed E-state index contributed by atoms with van der Waals surface area (Å²) < 4.78 is 1.06. The molecule has 0 aliphatic heterocycles. The van der Waals surface area contributed by atoms with E-state index >= 15 is 0 Å². The molecular formula is C12H13IN4OS. The molecule has 0 unspecified atom stereocenters. The lowest BCUT2D eigenvalue weighted by Gasteiger charge is -2.05. The molecule has 2 rings (SSSR count). The largest absolute Gasteiger partial charge is 0.382 e. The van der Waals surface area contributed by atoms with Crippen LogP contribution in [-0.2, 0) is 0 Å². The lowest BCUT2D eigenvalue weighted by Crippen LogP contribution is -2.12. The summed E-state index contributed by atoms with van der Waals surface area (Å²) in [5.74, 6) is 0.0296. The number of carbonyl (C=O) groups is 1. The van der Waals surface area contributed by atoms with E-state index in [1.54, 1.807) is 0 Å². The molecule has 1 aromatic carbocycles. The number of hydrogen-bond donors (Lipinski definition) is 2. The molecule has 2 aromatic rings. The van der Waals surface area contributed by atoms with Gasteiger partial charge in [-0.3, -0.25) is 4.79 Å². The third-order valence-corrected chi connectivity index (χ3v) is 4.22. The zero-order valence-electron chi connectivity index (χ0n) is 10.5. The molecule has 7 heteroatoms. The fourth-order valence-electron chi connectivity index (χ4n) is 1.43. The summed E-state index contributed by atoms with van der Waals surface area (Å²) in [5.41, 5.74) is 6.52. The Kier molecular flexibility index (Phi) is 4.25. The molecule has 0 aliphatic carbocycles. The molecule has 1 amide bonds. The van der Waals surface area contributed by atoms with Crippen LogP contribution >= 0.6 is 33.9 Å². The van der Waals surface area contributed by atoms with E-state index in [2.05, 4.69) is 32.9 Å². The van der Waals surface area contributed by atoms with E-state index in [0.29, 0.717) is 10.0 Å². The van der Waals surface area contributed by atoms with Crippen LogP contribution in [0.5, 0.6) is 0 Å². The average Bonchev–Trinajstić information content (AvgIpc) is 2.71. The molecule has 0 bridgehead atoms. The average molecular weight is 388 g/mol. The van der Waals surface area contributed by atoms with Crippen LogP contribution in [0.25, 0.3) is 0 Å². The van der Waals surface area contributed by atoms with Crippen LogP contribution in [0.4, 0.5) is 16.6 Å². The Morgan fingerprint density at radius 1 is 1.47 bits per heavy atom. The van der Waals surface area contributed by atoms with Crippen molar-refractivity contribution in [1.82, 2.24) is 4.98 Å². The molecule has 19 heavy (non-hydrogen) atoms. The number of rotatable bonds is 3. The standard InChI is InChI=1S/C12H13IN4OS/c1-17(2)12-16-10(14)9(19-12)11(18)15-8-5-3-4-7(13)6-8/h3-6H,14H2,1-2H3,(H,15,18). The van der Waals surface area contributed by atoms with Crippen LogP contribution in [0.3, 0.4) is 0 Å². The van der Waals surface area contributed by atoms with Crippen molar-refractivity contribution in [3.63, 3.8) is 0 Å². The number of thiazole rings is 1. The first-order valence-electron chi connectivity index (χ1n) is 5.48. The molecule has 0 saturated carbocycles. The molecule has 0 aliphatic rings. The highest BCUT2D eigenvalue weighted by atomic mass is 127. The molecule has 100 valence electrons. The molecular weight excluding hydrogens is 375 g/mol. The highest BCUT2D eigenvalue weighted by molar-refractivity contribution is 14.1. The summed E-state index contributed by atoms with van der Waals surface area (Å²) in [6, 6.07) is 7.58. The summed E-state index contributed by atoms with van der Waals surface area (Å²) >= 11 is 3.47. The smallest absolute Gasteiger partial charge is 0.269 e. The molecule has 1 aromatic heterocycles. The normalized spacial score (nSPS) is 10.3. The molecule has 5 nitrogen and oxygen atoms in total. The van der Waals surface area contributed by atoms with Crippen LogP contribution in [0.2, 0.25) is 0 Å². The molecule has 0 atom stereocenters. The highest BCUT2D eigenvalue weighted by Crippen LogP contribution is 2.27. The van der Waals surface area contributed by atoms with Crippen molar-refractivity contribution in [1.29, 1.82) is 0 Å². The summed E-state index contributed by atoms with van der Waals surface area (Å²) in [7, 11) is 3.72. The predicted octanol–water partition coefficient (Wildman–Crippen LogP) is 2.65. The van der Waals surface area contributed by atoms with Gasteiger partial charge in [0.2, 0.25) is 0 Å². The van der Waals surface area contributed by atoms with Gasteiger partial charge in [-0.05, 0) is 40.8 Å². The molecule has 0 radical (unpaired) electrons. The van der Waals surface area contributed by atoms with E-state index in [1.165, 1.54) is 11.3 Å². The van der Waals surface area contributed by atoms with Crippen molar-refractivity contribution >= 4 is 56.5 Å². The maximum absolute atomic E-state index is 12.1. The lowest BCUT2D eigenvalue weighted by atomic mass is 10.3. The van der Waals surface area contributed by atoms with Gasteiger partial charge < -0.3 is 16.0 Å². The maximum Gasteiger partial charge on any atom is 0.269 e. The minimum Gasteiger partial charge on any atom is -0.382 e. The number of amides is 1. The third kappa shape index (κ3) is 3.35. The molecule has 0 spiro atoms. The van der Waals surface area contributed by atoms with Crippen molar-refractivity contribution in [2.24, 2.45) is 0 Å². The molecule has 0 fully saturated rings. The number of carbonyl (C=O) groups excluding carboxylic acids is 1. The summed E-state index contributed by atoms with van der Waals surface area (Å²) in [6.45, 7) is 0. The van der Waals surface area contributed by atoms with E-state index in [0.717, 1.165) is 9.26 Å². The van der Waals surface area contributed by atoms with E-state index in [9.17, 15) is 4.79 Å². The predicted molar refractivity (Wildman–Crippen MR) is 88.0 cm³/mol. The van der Waals surface area contributed by atoms with Crippen LogP contribution in [0, 0.1) is 3.57 Å². The van der Waals surface area contributed by atoms with E-state index < -0.39 is 0 Å². The third-order valence-electron chi connectivity index (χ3n) is 2.31. The highest BCUT2D eigenvalue weighted by Gasteiger charge is 2.17. The van der Waals surface area contributed by atoms with E-state index in [1.807, 2.05) is 43.3 Å². The van der Waals surface area contributed by atoms with Gasteiger partial charge in [0.05, 0.1) is 0 Å². The first-order chi connectivity index (χ1) is 8.97. The fraction of sp³-hybridized carbons (Fsp3) is 0.167. The van der Waals surface area contributed by atoms with E-state index in [-0.39, 0.29) is 11.7 Å². The Labute approximate surface area is 129 Å². The van der Waals surface area contributed by atoms with Gasteiger partial charge in [0.1, 0.15) is 10.7 Å². The quantitative estimate of drug-likeness (QED) is 0.794. The Hall–Kier alpha value is -1.35. The monoisotopic (exact) mass is 388 g/mol. The second kappa shape index (κ2) is 5.74. The Bertz CT molecular complexity index is 612. The number of nitrogens with zero attached hydrogens (tertiary/aromatic N) is 2. The van der Waals surface area contributed by atoms with E-state index in [4.69, 9.17) is 5.73 Å². The Morgan fingerprint density at radius 2 is 2.21 bits per heavy atom. The maximum atomic E-state index is 12.1. The summed E-state index contributed by atoms with van der Waals surface area (Å²) in [5, 5.41) is 3.53. The SMILES string of the molecule is CN(C)c1nc(N)c(C(=O)Nc2cccc(I)c2)s1. The van der Waals surface area contributed by atoms with Crippen LogP contribution in [0.15, 0.2) is 24.3 Å². The minimum atomic E-state index is -0.231. The first kappa shape index (κ1) is 14.1. The van der Waals surface area contributed by atoms with Gasteiger partial charge in [0.25, 0.3) is 5.91 Å². The second-order valence-electron chi connectivity index (χ2n) is 4.07. The van der Waals surface area contributed by atoms with Gasteiger partial charge in [0.15, 0.2) is 5.13 Å². The molecule has 0 saturated heterocycles. The van der Waals surface area contributed by atoms with Gasteiger partial charge >= 0.3 is 0 Å². The zero-order valence-corrected chi connectivity index (χ0v) is 13.4. The lowest BCUT2D eigenvalue weighted by molar-refractivity contribution is 0.103. The van der Waals surface area contributed by atoms with Crippen molar-refractivity contribution in [2.75, 3.05) is 30.0 Å². The summed E-state index contributed by atoms with van der Waals surface area (Å²) in [6.07, 6.45) is 0. The number of nitrogens with two attached hydrogens (primary N) is 1. The Balaban J connectivity index is 2.20. The minimum absolute atomic E-state index is 0.231. The molecule has 1 heterocycles. The van der Waals surface area contributed by atoms with Crippen LogP contribution in [0.1, 0.15) is 9.67 Å². The number of nitrogen functional groups attached to an aromatic ring is 1. The van der Waals surface area contributed by atoms with Gasteiger partial charge in [-0.2, -0.15) is 0 Å². The first-order valence-corrected chi connectivity index (χ1v) is 7.37. The van der Waals surface area contributed by atoms with Crippen molar-refractivity contribution < 1.29 is 4.79 Å². The van der Waals surface area contributed by atoms with Gasteiger partial charge in [0, 0.05) is 23.4 Å². The van der Waals surface area contributed by atoms with Crippen molar-refractivity contribution in [3.8, 4) is 0 Å².